The van der Waals surface area contributed by atoms with Crippen molar-refractivity contribution in [3.63, 3.8) is 0 Å². The summed E-state index contributed by atoms with van der Waals surface area (Å²) < 4.78 is 54.3. The lowest BCUT2D eigenvalue weighted by molar-refractivity contribution is -0.00508. The lowest BCUT2D eigenvalue weighted by Crippen LogP contribution is -2.50. The van der Waals surface area contributed by atoms with Gasteiger partial charge in [0.05, 0.1) is 81.3 Å². The number of methoxy groups -OCH3 is 8. The molecule has 0 spiro atoms. The second-order valence-corrected chi connectivity index (χ2v) is 25.0. The Morgan fingerprint density at radius 1 is 0.354 bits per heavy atom. The van der Waals surface area contributed by atoms with Crippen LogP contribution in [0.3, 0.4) is 0 Å². The van der Waals surface area contributed by atoms with E-state index < -0.39 is 0 Å². The van der Waals surface area contributed by atoms with Gasteiger partial charge in [-0.1, -0.05) is 48.6 Å². The van der Waals surface area contributed by atoms with Crippen LogP contribution in [0.25, 0.3) is 0 Å². The molecule has 0 N–H and O–H groups in total. The van der Waals surface area contributed by atoms with Crippen LogP contribution in [-0.4, -0.2) is 153 Å². The topological polar surface area (TPSA) is 112 Å². The summed E-state index contributed by atoms with van der Waals surface area (Å²) in [5, 5.41) is 0. The average molecular weight is 1130 g/mol. The molecule has 10 aliphatic rings. The number of epoxide rings is 2. The molecule has 0 unspecified atom stereocenters. The fourth-order valence-corrected chi connectivity index (χ4v) is 15.7. The third-order valence-electron chi connectivity index (χ3n) is 20.8. The van der Waals surface area contributed by atoms with Crippen molar-refractivity contribution in [2.24, 2.45) is 47.3 Å². The molecule has 0 aromatic heterocycles. The molecule has 0 radical (unpaired) electrons. The molecule has 4 aromatic rings. The van der Waals surface area contributed by atoms with Crippen molar-refractivity contribution >= 4 is 0 Å². The van der Waals surface area contributed by atoms with E-state index in [9.17, 15) is 0 Å². The van der Waals surface area contributed by atoms with Crippen molar-refractivity contribution in [1.82, 2.24) is 19.6 Å². The normalized spacial score (nSPS) is 31.7. The molecule has 14 heteroatoms. The number of ether oxygens (including phenoxy) is 10. The van der Waals surface area contributed by atoms with Gasteiger partial charge in [0.1, 0.15) is 46.0 Å². The highest BCUT2D eigenvalue weighted by molar-refractivity contribution is 5.44. The molecular formula is C68H92N4O10. The van der Waals surface area contributed by atoms with Crippen LogP contribution >= 0.6 is 0 Å². The largest absolute Gasteiger partial charge is 0.497 e. The molecule has 6 saturated carbocycles. The molecule has 444 valence electrons. The fourth-order valence-electron chi connectivity index (χ4n) is 15.7. The first-order valence-electron chi connectivity index (χ1n) is 30.2. The third kappa shape index (κ3) is 12.1. The first kappa shape index (κ1) is 58.3. The van der Waals surface area contributed by atoms with Crippen LogP contribution in [-0.2, 0) is 35.7 Å². The van der Waals surface area contributed by atoms with Crippen LogP contribution in [0.2, 0.25) is 0 Å². The average Bonchev–Trinajstić information content (AvgIpc) is 2.63. The smallest absolute Gasteiger partial charge is 0.127 e. The molecule has 2 aliphatic heterocycles. The Kier molecular flexibility index (Phi) is 18.1. The molecule has 2 saturated heterocycles. The van der Waals surface area contributed by atoms with Crippen LogP contribution in [0.5, 0.6) is 46.0 Å². The summed E-state index contributed by atoms with van der Waals surface area (Å²) >= 11 is 0. The summed E-state index contributed by atoms with van der Waals surface area (Å²) in [6.45, 7) is 3.72. The quantitative estimate of drug-likeness (QED) is 0.0618. The Hall–Kier alpha value is -5.48. The second-order valence-electron chi connectivity index (χ2n) is 25.0. The first-order valence-corrected chi connectivity index (χ1v) is 30.2. The summed E-state index contributed by atoms with van der Waals surface area (Å²) in [7, 11) is 22.5. The highest BCUT2D eigenvalue weighted by Crippen LogP contribution is 2.59. The maximum atomic E-state index is 5.64. The van der Waals surface area contributed by atoms with Gasteiger partial charge in [0.15, 0.2) is 0 Å². The lowest BCUT2D eigenvalue weighted by atomic mass is 9.70. The van der Waals surface area contributed by atoms with Crippen LogP contribution in [0.4, 0.5) is 0 Å². The van der Waals surface area contributed by atoms with Gasteiger partial charge in [-0.2, -0.15) is 0 Å². The van der Waals surface area contributed by atoms with E-state index in [1.54, 1.807) is 56.9 Å². The third-order valence-corrected chi connectivity index (χ3v) is 20.8. The molecule has 2 heterocycles. The number of benzene rings is 4. The van der Waals surface area contributed by atoms with E-state index in [0.29, 0.717) is 48.6 Å². The van der Waals surface area contributed by atoms with Crippen molar-refractivity contribution in [3.8, 4) is 46.0 Å². The predicted molar refractivity (Wildman–Crippen MR) is 320 cm³/mol. The molecule has 0 amide bonds. The number of allylic oxidation sites excluding steroid dienone is 4. The molecule has 8 aliphatic carbocycles. The molecule has 8 fully saturated rings. The molecular weight excluding hydrogens is 1030 g/mol. The van der Waals surface area contributed by atoms with E-state index >= 15 is 0 Å². The Morgan fingerprint density at radius 2 is 0.646 bits per heavy atom. The van der Waals surface area contributed by atoms with Crippen molar-refractivity contribution in [2.45, 2.75) is 126 Å². The minimum atomic E-state index is 0.592. The molecule has 16 atom stereocenters. The summed E-state index contributed by atoms with van der Waals surface area (Å²) in [4.78, 5) is 9.91. The zero-order valence-corrected chi connectivity index (χ0v) is 50.8. The summed E-state index contributed by atoms with van der Waals surface area (Å²) in [6.07, 6.45) is 22.1. The monoisotopic (exact) mass is 1120 g/mol. The first-order chi connectivity index (χ1) is 39.9. The molecule has 14 rings (SSSR count). The van der Waals surface area contributed by atoms with E-state index in [4.69, 9.17) is 47.4 Å². The standard InChI is InChI=1S/2C17H23NO3.2C17H23NO2/c2*1-18(14-7-13-12(14)8-16-17(13)21-16)9-10-4-5-11(19-2)6-15(10)20-3;2*1-18(16-9-12-5-4-6-15(12)16)11-13-7-8-14(19-2)10-17(13)20-3/h2*4-6,12-14,16-17H,7-9H2,1-3H3;2*4-5,7-8,10,12,15-16H,6,9,11H2,1-3H3/t2*12-,13-,14+,16-,17+;2*12-,15-,16+/m1010/s1. The number of hydrogen-bond acceptors (Lipinski definition) is 14. The molecule has 0 bridgehead atoms. The molecule has 82 heavy (non-hydrogen) atoms. The highest BCUT2D eigenvalue weighted by atomic mass is 16.6. The van der Waals surface area contributed by atoms with Gasteiger partial charge >= 0.3 is 0 Å². The van der Waals surface area contributed by atoms with Gasteiger partial charge in [0, 0.05) is 96.9 Å². The van der Waals surface area contributed by atoms with E-state index in [0.717, 1.165) is 120 Å². The van der Waals surface area contributed by atoms with Crippen molar-refractivity contribution in [1.29, 1.82) is 0 Å². The van der Waals surface area contributed by atoms with Crippen LogP contribution < -0.4 is 37.9 Å². The van der Waals surface area contributed by atoms with Gasteiger partial charge in [0.2, 0.25) is 0 Å². The Balaban J connectivity index is 0.000000115. The van der Waals surface area contributed by atoms with Gasteiger partial charge in [-0.15, -0.1) is 0 Å². The second kappa shape index (κ2) is 25.4. The van der Waals surface area contributed by atoms with E-state index in [2.05, 4.69) is 96.4 Å². The van der Waals surface area contributed by atoms with E-state index in [1.165, 1.54) is 73.6 Å². The predicted octanol–water partition coefficient (Wildman–Crippen LogP) is 10.8. The number of nitrogens with zero attached hydrogens (tertiary/aromatic N) is 4. The zero-order chi connectivity index (χ0) is 57.3. The van der Waals surface area contributed by atoms with Crippen LogP contribution in [0, 0.1) is 47.3 Å². The van der Waals surface area contributed by atoms with Crippen molar-refractivity contribution < 1.29 is 47.4 Å². The number of hydrogen-bond donors (Lipinski definition) is 0. The van der Waals surface area contributed by atoms with Gasteiger partial charge in [0.25, 0.3) is 0 Å². The lowest BCUT2D eigenvalue weighted by Gasteiger charge is -2.46. The molecule has 4 aromatic carbocycles. The Bertz CT molecular complexity index is 2690. The van der Waals surface area contributed by atoms with Gasteiger partial charge in [-0.3, -0.25) is 19.6 Å². The van der Waals surface area contributed by atoms with E-state index in [1.807, 2.05) is 48.5 Å². The Morgan fingerprint density at radius 3 is 0.902 bits per heavy atom. The maximum absolute atomic E-state index is 5.64. The zero-order valence-electron chi connectivity index (χ0n) is 50.8. The van der Waals surface area contributed by atoms with Crippen molar-refractivity contribution in [2.75, 3.05) is 85.1 Å². The van der Waals surface area contributed by atoms with Crippen molar-refractivity contribution in [3.05, 3.63) is 119 Å². The van der Waals surface area contributed by atoms with E-state index in [-0.39, 0.29) is 0 Å². The highest BCUT2D eigenvalue weighted by Gasteiger charge is 2.64. The van der Waals surface area contributed by atoms with Gasteiger partial charge in [-0.25, -0.2) is 0 Å². The fraction of sp³-hybridized carbons (Fsp3) is 0.588. The van der Waals surface area contributed by atoms with Crippen LogP contribution in [0.1, 0.15) is 73.6 Å². The van der Waals surface area contributed by atoms with Crippen LogP contribution in [0.15, 0.2) is 97.1 Å². The summed E-state index contributed by atoms with van der Waals surface area (Å²) in [5.41, 5.74) is 4.91. The Labute approximate surface area is 488 Å². The van der Waals surface area contributed by atoms with Gasteiger partial charge in [-0.05, 0) is 151 Å². The van der Waals surface area contributed by atoms with Gasteiger partial charge < -0.3 is 47.4 Å². The summed E-state index contributed by atoms with van der Waals surface area (Å²) in [5.74, 6) is 13.7. The number of rotatable bonds is 20. The minimum Gasteiger partial charge on any atom is -0.497 e. The SMILES string of the molecule is COc1ccc(CN(C)[C@@H]2C[C@@H]3C=CC[C@H]23)c(OC)c1.COc1ccc(CN(C)[C@@H]2C[C@H]3[C@@H]2C[C@@H]2O[C@H]32)c(OC)c1.COc1ccc(CN(C)[C@H]2C[C@@H]3[C@H]2C[C@H]2O[C@@H]32)c(OC)c1.COc1ccc(CN(C)[C@H]2C[C@H]3C=CC[C@H]32)c(OC)c1. The minimum absolute atomic E-state index is 0.592. The molecule has 14 nitrogen and oxygen atoms in total. The summed E-state index contributed by atoms with van der Waals surface area (Å²) in [6, 6.07) is 27.2. The maximum Gasteiger partial charge on any atom is 0.127 e. The number of fused-ring (bicyclic) bond motifs is 8.